The Bertz CT molecular complexity index is 10700. The van der Waals surface area contributed by atoms with Crippen molar-refractivity contribution >= 4 is 154 Å². The van der Waals surface area contributed by atoms with Crippen LogP contribution < -0.4 is 0 Å². The third-order valence-electron chi connectivity index (χ3n) is 31.8. The first-order valence-electron chi connectivity index (χ1n) is 48.2. The molecule has 0 atom stereocenters. The number of imidazole rings is 4. The van der Waals surface area contributed by atoms with Crippen LogP contribution in [0.2, 0.25) is 0 Å². The second kappa shape index (κ2) is 27.7. The molecule has 28 aromatic rings. The van der Waals surface area contributed by atoms with Crippen molar-refractivity contribution in [2.45, 2.75) is 51.4 Å². The largest absolute Gasteiger partial charge is 0.290 e. The summed E-state index contributed by atoms with van der Waals surface area (Å²) in [6, 6.07) is 97.8. The Balaban J connectivity index is 0.0000000829. The van der Waals surface area contributed by atoms with Crippen molar-refractivity contribution in [2.24, 2.45) is 0 Å². The van der Waals surface area contributed by atoms with Gasteiger partial charge in [-0.1, -0.05) is 140 Å². The van der Waals surface area contributed by atoms with E-state index in [-0.39, 0.29) is 0 Å². The summed E-state index contributed by atoms with van der Waals surface area (Å²) in [5.74, 6) is 0. The first kappa shape index (κ1) is 75.1. The highest BCUT2D eigenvalue weighted by Crippen LogP contribution is 2.56. The van der Waals surface area contributed by atoms with E-state index in [2.05, 4.69) is 256 Å². The minimum atomic E-state index is 0.903. The summed E-state index contributed by atoms with van der Waals surface area (Å²) in [6.07, 6.45) is 30.1. The molecule has 12 aromatic carbocycles. The van der Waals surface area contributed by atoms with Crippen LogP contribution in [-0.2, 0) is 51.4 Å². The van der Waals surface area contributed by atoms with Gasteiger partial charge in [0, 0.05) is 92.7 Å². The van der Waals surface area contributed by atoms with Gasteiger partial charge in [-0.3, -0.25) is 57.5 Å². The molecule has 8 aliphatic carbocycles. The molecule has 0 N–H and O–H groups in total. The molecule has 16 heteroatoms. The molecule has 0 saturated carbocycles. The number of hydrogen-bond acceptors (Lipinski definition) is 12. The summed E-state index contributed by atoms with van der Waals surface area (Å²) in [4.78, 5) is 56.9. The Hall–Kier alpha value is -18.3. The maximum Gasteiger partial charge on any atom is 0.146 e. The summed E-state index contributed by atoms with van der Waals surface area (Å²) in [5.41, 5.74) is 64.9. The highest BCUT2D eigenvalue weighted by molar-refractivity contribution is 6.21. The second-order valence-corrected chi connectivity index (χ2v) is 38.8. The maximum absolute atomic E-state index is 5.04. The summed E-state index contributed by atoms with van der Waals surface area (Å²) in [7, 11) is 0. The molecular weight excluding hydrogens is 1710 g/mol. The van der Waals surface area contributed by atoms with Crippen molar-refractivity contribution in [3.8, 4) is 89.0 Å². The van der Waals surface area contributed by atoms with E-state index in [1.807, 2.05) is 123 Å². The third-order valence-corrected chi connectivity index (χ3v) is 31.8. The maximum atomic E-state index is 5.04. The molecule has 8 aliphatic rings. The Kier molecular flexibility index (Phi) is 14.9. The molecule has 16 nitrogen and oxygen atoms in total. The molecule has 648 valence electrons. The molecule has 36 rings (SSSR count). The van der Waals surface area contributed by atoms with E-state index in [0.717, 1.165) is 184 Å². The monoisotopic (exact) mass is 1780 g/mol. The van der Waals surface area contributed by atoms with E-state index in [4.69, 9.17) is 39.9 Å². The lowest BCUT2D eigenvalue weighted by molar-refractivity contribution is 1.22. The Labute approximate surface area is 796 Å². The van der Waals surface area contributed by atoms with Gasteiger partial charge < -0.3 is 0 Å². The van der Waals surface area contributed by atoms with Gasteiger partial charge in [-0.25, -0.2) is 19.9 Å². The van der Waals surface area contributed by atoms with Crippen molar-refractivity contribution < 1.29 is 0 Å². The van der Waals surface area contributed by atoms with Crippen LogP contribution in [0.5, 0.6) is 0 Å². The van der Waals surface area contributed by atoms with Gasteiger partial charge in [-0.15, -0.1) is 0 Å². The zero-order chi connectivity index (χ0) is 90.7. The minimum Gasteiger partial charge on any atom is -0.290 e. The van der Waals surface area contributed by atoms with Crippen LogP contribution in [0.1, 0.15) is 89.0 Å². The van der Waals surface area contributed by atoms with Crippen LogP contribution in [0.25, 0.3) is 243 Å². The first-order chi connectivity index (χ1) is 69.4. The second-order valence-electron chi connectivity index (χ2n) is 38.8. The average Bonchev–Trinajstić information content (AvgIpc) is 1.57. The fraction of sp³-hybridized carbons (Fsp3) is 0.0645. The molecule has 0 amide bonds. The standard InChI is InChI=1S/4C31H18N4/c1-2-5-20-17(4-1)14-18-7-8-19-15-23-21(28(19)27(18)20)9-10-22-29(23)30-26(6-3-12-33-30)35-25-11-13-32-16-24(25)34-31(22)35;1-2-5-20-17(4-1)12-18-13-19-14-25-21(24(19)15-23(18)20)7-8-22-29(25)30-28(6-3-10-33-30)35-27-9-11-32-16-26(27)34-31(22)35;1-2-5-20-17(4-1)12-18-7-8-21-22-15-25-24(14-19(22)13-23(21)29(18)20)30-28(6-3-10-33-30)35-27-9-11-32-16-26(27)34-31(25)35;1-2-5-21-17(4-1)10-18-13-23-19(12-22(18)21)11-20-14-25-26(15-24(20)23)31-34-27-16-32-9-7-28(27)35(31)29-6-3-8-33-30(25)29/h1-13,16H,14-15H2;1-11,13,15-16H,12,14H2;1-11,14-16H,12-13H2;1-9,12-16H,10-11H2. The molecule has 16 heterocycles. The quantitative estimate of drug-likeness (QED) is 0.132. The van der Waals surface area contributed by atoms with E-state index in [1.165, 1.54) is 200 Å². The summed E-state index contributed by atoms with van der Waals surface area (Å²) in [6.45, 7) is 0. The number of benzene rings is 12. The van der Waals surface area contributed by atoms with Crippen LogP contribution in [0.4, 0.5) is 0 Å². The van der Waals surface area contributed by atoms with Gasteiger partial charge in [-0.05, 0) is 357 Å². The Morgan fingerprint density at radius 1 is 0.179 bits per heavy atom. The lowest BCUT2D eigenvalue weighted by Gasteiger charge is -2.13. The molecule has 16 aromatic heterocycles. The van der Waals surface area contributed by atoms with Gasteiger partial charge in [0.1, 0.15) is 44.7 Å². The molecular formula is C124H72N16. The summed E-state index contributed by atoms with van der Waals surface area (Å²) in [5, 5.41) is 9.37. The average molecular weight is 1790 g/mol. The van der Waals surface area contributed by atoms with Crippen molar-refractivity contribution in [3.63, 3.8) is 0 Å². The molecule has 0 aliphatic heterocycles. The minimum absolute atomic E-state index is 0.903. The first-order valence-corrected chi connectivity index (χ1v) is 48.2. The molecule has 0 saturated heterocycles. The van der Waals surface area contributed by atoms with Crippen molar-refractivity contribution in [1.82, 2.24) is 77.4 Å². The fourth-order valence-electron chi connectivity index (χ4n) is 25.9. The normalized spacial score (nSPS) is 13.5. The van der Waals surface area contributed by atoms with Crippen LogP contribution in [0, 0.1) is 0 Å². The SMILES string of the molecule is c1ccc2c(c1)Cc1cc3c(cc1-2)-c1ccc2c(c1C3)c1ncccc1n1c3ccncc3nc21.c1ccc2c(c1)Cc1cc3c(cc1-2)Cc1cc2c(cc1-3)c1nc3cnccc3n1c1cccnc21.c1ccc2c(c1)Cc1ccc3c(c1-2)-c1ccc2c(c1C3)c1ncccc1n1c3ccncc3nc21.c1ccc2c(c1)Cc1ccc3c(c1-2)Cc1cc2c(cc1-3)c1nc3cnccc3n1c1cccnc21. The van der Waals surface area contributed by atoms with Crippen molar-refractivity contribution in [3.05, 3.63) is 430 Å². The Morgan fingerprint density at radius 2 is 0.500 bits per heavy atom. The van der Waals surface area contributed by atoms with Gasteiger partial charge in [0.25, 0.3) is 0 Å². The van der Waals surface area contributed by atoms with E-state index in [1.54, 1.807) is 0 Å². The predicted octanol–water partition coefficient (Wildman–Crippen LogP) is 26.9. The summed E-state index contributed by atoms with van der Waals surface area (Å²) < 4.78 is 8.96. The Morgan fingerprint density at radius 3 is 1.02 bits per heavy atom. The smallest absolute Gasteiger partial charge is 0.146 e. The van der Waals surface area contributed by atoms with E-state index in [0.29, 0.717) is 0 Å². The zero-order valence-corrected chi connectivity index (χ0v) is 75.1. The van der Waals surface area contributed by atoms with Gasteiger partial charge >= 0.3 is 0 Å². The van der Waals surface area contributed by atoms with E-state index in [9.17, 15) is 0 Å². The lowest BCUT2D eigenvalue weighted by Crippen LogP contribution is -1.96. The number of pyridine rings is 12. The van der Waals surface area contributed by atoms with Gasteiger partial charge in [0.05, 0.1) is 91.0 Å². The van der Waals surface area contributed by atoms with Crippen LogP contribution in [0.3, 0.4) is 0 Å². The zero-order valence-electron chi connectivity index (χ0n) is 75.1. The number of fused-ring (bicyclic) bond motifs is 60. The van der Waals surface area contributed by atoms with Crippen LogP contribution >= 0.6 is 0 Å². The summed E-state index contributed by atoms with van der Waals surface area (Å²) >= 11 is 0. The molecule has 0 radical (unpaired) electrons. The third kappa shape index (κ3) is 10.3. The number of hydrogen-bond donors (Lipinski definition) is 0. The van der Waals surface area contributed by atoms with Crippen LogP contribution in [0.15, 0.2) is 341 Å². The van der Waals surface area contributed by atoms with Gasteiger partial charge in [0.15, 0.2) is 0 Å². The van der Waals surface area contributed by atoms with Gasteiger partial charge in [0.2, 0.25) is 0 Å². The topological polar surface area (TPSA) is 172 Å². The molecule has 0 fully saturated rings. The molecule has 0 bridgehead atoms. The van der Waals surface area contributed by atoms with E-state index >= 15 is 0 Å². The van der Waals surface area contributed by atoms with Crippen molar-refractivity contribution in [1.29, 1.82) is 0 Å². The number of rotatable bonds is 0. The molecule has 0 spiro atoms. The van der Waals surface area contributed by atoms with E-state index < -0.39 is 0 Å². The highest BCUT2D eigenvalue weighted by Gasteiger charge is 2.36. The lowest BCUT2D eigenvalue weighted by atomic mass is 9.93. The molecule has 0 unspecified atom stereocenters. The fourth-order valence-corrected chi connectivity index (χ4v) is 25.9. The highest BCUT2D eigenvalue weighted by atomic mass is 15.1. The predicted molar refractivity (Wildman–Crippen MR) is 559 cm³/mol. The molecule has 140 heavy (non-hydrogen) atoms. The number of aromatic nitrogens is 16. The van der Waals surface area contributed by atoms with Crippen LogP contribution in [-0.4, -0.2) is 77.4 Å². The van der Waals surface area contributed by atoms with Gasteiger partial charge in [-0.2, -0.15) is 0 Å². The number of nitrogens with zero attached hydrogens (tertiary/aromatic N) is 16. The van der Waals surface area contributed by atoms with Crippen molar-refractivity contribution in [2.75, 3.05) is 0 Å².